The minimum atomic E-state index is -4.09. The Kier molecular flexibility index (Phi) is 7.13. The summed E-state index contributed by atoms with van der Waals surface area (Å²) in [5.74, 6) is -0.165. The van der Waals surface area contributed by atoms with Gasteiger partial charge in [-0.1, -0.05) is 13.8 Å². The highest BCUT2D eigenvalue weighted by Gasteiger charge is 2.27. The first-order chi connectivity index (χ1) is 15.6. The zero-order chi connectivity index (χ0) is 24.3. The van der Waals surface area contributed by atoms with Crippen LogP contribution in [-0.4, -0.2) is 39.2 Å². The second-order valence-corrected chi connectivity index (χ2v) is 9.63. The van der Waals surface area contributed by atoms with Crippen LogP contribution < -0.4 is 25.3 Å². The van der Waals surface area contributed by atoms with Crippen molar-refractivity contribution in [2.24, 2.45) is 13.0 Å². The summed E-state index contributed by atoms with van der Waals surface area (Å²) in [7, 11) is 0.416. The van der Waals surface area contributed by atoms with Crippen LogP contribution in [0, 0.1) is 5.92 Å². The molecule has 2 N–H and O–H groups in total. The van der Waals surface area contributed by atoms with E-state index in [0.717, 1.165) is 0 Å². The van der Waals surface area contributed by atoms with E-state index in [1.807, 2.05) is 13.8 Å². The van der Waals surface area contributed by atoms with E-state index in [9.17, 15) is 18.0 Å². The van der Waals surface area contributed by atoms with Gasteiger partial charge in [0, 0.05) is 24.9 Å². The van der Waals surface area contributed by atoms with Crippen molar-refractivity contribution in [3.05, 3.63) is 46.9 Å². The number of oxazole rings is 1. The molecule has 0 saturated heterocycles. The molecule has 0 aliphatic rings. The molecule has 3 rings (SSSR count). The molecule has 1 aromatic heterocycles. The van der Waals surface area contributed by atoms with Crippen LogP contribution >= 0.6 is 0 Å². The van der Waals surface area contributed by atoms with Crippen molar-refractivity contribution in [2.45, 2.75) is 31.2 Å². The summed E-state index contributed by atoms with van der Waals surface area (Å²) in [6.07, 6.45) is 0.265. The van der Waals surface area contributed by atoms with Gasteiger partial charge in [0.2, 0.25) is 15.9 Å². The summed E-state index contributed by atoms with van der Waals surface area (Å²) in [5, 5.41) is 2.72. The zero-order valence-electron chi connectivity index (χ0n) is 19.0. The molecule has 1 unspecified atom stereocenters. The molecule has 11 heteroatoms. The number of carbonyl (C=O) groups excluding carboxylic acids is 1. The van der Waals surface area contributed by atoms with Crippen LogP contribution in [0.1, 0.15) is 20.3 Å². The number of hydrogen-bond donors (Lipinski definition) is 2. The number of rotatable bonds is 9. The monoisotopic (exact) mass is 477 g/mol. The third kappa shape index (κ3) is 5.37. The molecule has 1 heterocycles. The van der Waals surface area contributed by atoms with Crippen LogP contribution in [0.2, 0.25) is 0 Å². The Morgan fingerprint density at radius 1 is 1.09 bits per heavy atom. The standard InChI is InChI=1S/C22H27N3O7S/c1-13(2)10-16(21(26)23-14-6-9-18(30-4)20(11-14)31-5)24-33(28,29)15-7-8-17-19(12-15)32-22(27)25(17)3/h6-9,11-13,16,24H,10H2,1-5H3,(H,23,26). The van der Waals surface area contributed by atoms with Crippen molar-refractivity contribution in [3.8, 4) is 11.5 Å². The lowest BCUT2D eigenvalue weighted by atomic mass is 10.0. The van der Waals surface area contributed by atoms with Crippen LogP contribution in [0.4, 0.5) is 5.69 Å². The molecule has 0 bridgehead atoms. The number of anilines is 1. The molecule has 1 amide bonds. The van der Waals surface area contributed by atoms with E-state index < -0.39 is 27.7 Å². The maximum absolute atomic E-state index is 13.0. The predicted molar refractivity (Wildman–Crippen MR) is 123 cm³/mol. The number of methoxy groups -OCH3 is 2. The van der Waals surface area contributed by atoms with Crippen molar-refractivity contribution in [1.29, 1.82) is 0 Å². The summed E-state index contributed by atoms with van der Waals surface area (Å²) in [4.78, 5) is 24.6. The first-order valence-electron chi connectivity index (χ1n) is 10.2. The molecule has 178 valence electrons. The topological polar surface area (TPSA) is 129 Å². The van der Waals surface area contributed by atoms with Crippen LogP contribution in [0.3, 0.4) is 0 Å². The van der Waals surface area contributed by atoms with Gasteiger partial charge >= 0.3 is 5.76 Å². The molecule has 3 aromatic rings. The maximum atomic E-state index is 13.0. The van der Waals surface area contributed by atoms with E-state index in [2.05, 4.69) is 10.0 Å². The number of aryl methyl sites for hydroxylation is 1. The molecule has 0 aliphatic carbocycles. The van der Waals surface area contributed by atoms with Gasteiger partial charge in [-0.05, 0) is 36.6 Å². The van der Waals surface area contributed by atoms with Crippen molar-refractivity contribution in [2.75, 3.05) is 19.5 Å². The van der Waals surface area contributed by atoms with Crippen molar-refractivity contribution in [3.63, 3.8) is 0 Å². The average molecular weight is 478 g/mol. The van der Waals surface area contributed by atoms with E-state index in [1.54, 1.807) is 18.2 Å². The summed E-state index contributed by atoms with van der Waals surface area (Å²) >= 11 is 0. The summed E-state index contributed by atoms with van der Waals surface area (Å²) in [6.45, 7) is 3.77. The SMILES string of the molecule is COc1ccc(NC(=O)C(CC(C)C)NS(=O)(=O)c2ccc3c(c2)oc(=O)n3C)cc1OC. The van der Waals surface area contributed by atoms with E-state index in [0.29, 0.717) is 22.7 Å². The lowest BCUT2D eigenvalue weighted by molar-refractivity contribution is -0.118. The van der Waals surface area contributed by atoms with E-state index >= 15 is 0 Å². The number of aromatic nitrogens is 1. The van der Waals surface area contributed by atoms with E-state index in [4.69, 9.17) is 13.9 Å². The Morgan fingerprint density at radius 2 is 1.79 bits per heavy atom. The fourth-order valence-corrected chi connectivity index (χ4v) is 4.58. The minimum Gasteiger partial charge on any atom is -0.493 e. The maximum Gasteiger partial charge on any atom is 0.419 e. The number of nitrogens with one attached hydrogen (secondary N) is 2. The van der Waals surface area contributed by atoms with Gasteiger partial charge in [0.25, 0.3) is 0 Å². The smallest absolute Gasteiger partial charge is 0.419 e. The summed E-state index contributed by atoms with van der Waals surface area (Å²) in [6, 6.07) is 7.92. The van der Waals surface area contributed by atoms with Gasteiger partial charge in [-0.25, -0.2) is 13.2 Å². The van der Waals surface area contributed by atoms with Gasteiger partial charge in [0.1, 0.15) is 6.04 Å². The fraction of sp³-hybridized carbons (Fsp3) is 0.364. The van der Waals surface area contributed by atoms with Crippen LogP contribution in [0.25, 0.3) is 11.1 Å². The number of ether oxygens (including phenoxy) is 2. The normalized spacial score (nSPS) is 12.7. The highest BCUT2D eigenvalue weighted by atomic mass is 32.2. The molecule has 0 radical (unpaired) electrons. The molecule has 0 fully saturated rings. The number of nitrogens with zero attached hydrogens (tertiary/aromatic N) is 1. The van der Waals surface area contributed by atoms with Gasteiger partial charge in [-0.3, -0.25) is 9.36 Å². The summed E-state index contributed by atoms with van der Waals surface area (Å²) < 4.78 is 45.4. The summed E-state index contributed by atoms with van der Waals surface area (Å²) in [5.41, 5.74) is 1.03. The van der Waals surface area contributed by atoms with Gasteiger partial charge in [-0.2, -0.15) is 4.72 Å². The number of fused-ring (bicyclic) bond motifs is 1. The zero-order valence-corrected chi connectivity index (χ0v) is 19.9. The number of carbonyl (C=O) groups is 1. The lowest BCUT2D eigenvalue weighted by Gasteiger charge is -2.20. The first kappa shape index (κ1) is 24.3. The highest BCUT2D eigenvalue weighted by Crippen LogP contribution is 2.30. The van der Waals surface area contributed by atoms with Crippen molar-refractivity contribution in [1.82, 2.24) is 9.29 Å². The minimum absolute atomic E-state index is 0.0310. The van der Waals surface area contributed by atoms with Crippen LogP contribution in [-0.2, 0) is 21.9 Å². The van der Waals surface area contributed by atoms with Gasteiger partial charge in [-0.15, -0.1) is 0 Å². The molecule has 1 atom stereocenters. The van der Waals surface area contributed by atoms with Crippen molar-refractivity contribution >= 4 is 32.7 Å². The molecule has 0 saturated carbocycles. The second-order valence-electron chi connectivity index (χ2n) is 7.92. The van der Waals surface area contributed by atoms with Gasteiger partial charge in [0.05, 0.1) is 24.6 Å². The third-order valence-corrected chi connectivity index (χ3v) is 6.52. The number of sulfonamides is 1. The van der Waals surface area contributed by atoms with Gasteiger partial charge in [0.15, 0.2) is 17.1 Å². The molecule has 33 heavy (non-hydrogen) atoms. The average Bonchev–Trinajstić information content (AvgIpc) is 3.05. The molecule has 0 spiro atoms. The van der Waals surface area contributed by atoms with Crippen LogP contribution in [0.5, 0.6) is 11.5 Å². The molecule has 2 aromatic carbocycles. The second kappa shape index (κ2) is 9.67. The quantitative estimate of drug-likeness (QED) is 0.484. The lowest BCUT2D eigenvalue weighted by Crippen LogP contribution is -2.44. The molecular weight excluding hydrogens is 450 g/mol. The fourth-order valence-electron chi connectivity index (χ4n) is 3.36. The Balaban J connectivity index is 1.86. The Hall–Kier alpha value is -3.31. The third-order valence-electron chi connectivity index (χ3n) is 5.05. The predicted octanol–water partition coefficient (Wildman–Crippen LogP) is 2.48. The molecule has 0 aliphatic heterocycles. The first-order valence-corrected chi connectivity index (χ1v) is 11.7. The van der Waals surface area contributed by atoms with Crippen molar-refractivity contribution < 1.29 is 27.1 Å². The van der Waals surface area contributed by atoms with E-state index in [-0.39, 0.29) is 22.8 Å². The molecular formula is C22H27N3O7S. The largest absolute Gasteiger partial charge is 0.493 e. The number of hydrogen-bond acceptors (Lipinski definition) is 7. The number of amides is 1. The van der Waals surface area contributed by atoms with E-state index in [1.165, 1.54) is 44.0 Å². The number of benzene rings is 2. The highest BCUT2D eigenvalue weighted by molar-refractivity contribution is 7.89. The van der Waals surface area contributed by atoms with Gasteiger partial charge < -0.3 is 19.2 Å². The Labute approximate surface area is 191 Å². The Morgan fingerprint density at radius 3 is 2.42 bits per heavy atom. The molecule has 10 nitrogen and oxygen atoms in total. The Bertz CT molecular complexity index is 1330. The van der Waals surface area contributed by atoms with Crippen LogP contribution in [0.15, 0.2) is 50.5 Å².